The fraction of sp³-hybridized carbons (Fsp3) is 0.385. The molecule has 170 valence electrons. The van der Waals surface area contributed by atoms with E-state index in [9.17, 15) is 14.7 Å². The van der Waals surface area contributed by atoms with Crippen LogP contribution in [-0.4, -0.2) is 34.3 Å². The molecule has 1 aliphatic rings. The third kappa shape index (κ3) is 4.99. The van der Waals surface area contributed by atoms with Gasteiger partial charge in [0, 0.05) is 17.1 Å². The lowest BCUT2D eigenvalue weighted by Crippen LogP contribution is -2.30. The van der Waals surface area contributed by atoms with Crippen LogP contribution in [-0.2, 0) is 9.59 Å². The number of carbonyl (C=O) groups excluding carboxylic acids is 2. The van der Waals surface area contributed by atoms with E-state index in [0.717, 1.165) is 30.4 Å². The van der Waals surface area contributed by atoms with Crippen molar-refractivity contribution in [2.45, 2.75) is 59.1 Å². The summed E-state index contributed by atoms with van der Waals surface area (Å²) in [6.07, 6.45) is 2.76. The van der Waals surface area contributed by atoms with Crippen molar-refractivity contribution in [3.05, 3.63) is 69.8 Å². The number of aryl methyl sites for hydroxylation is 1. The Hall–Kier alpha value is -2.79. The Kier molecular flexibility index (Phi) is 7.62. The number of aliphatic hydroxyl groups is 1. The van der Waals surface area contributed by atoms with Gasteiger partial charge in [-0.3, -0.25) is 9.59 Å². The Morgan fingerprint density at radius 1 is 1.12 bits per heavy atom. The quantitative estimate of drug-likeness (QED) is 0.228. The van der Waals surface area contributed by atoms with Gasteiger partial charge >= 0.3 is 0 Å². The number of likely N-dealkylation sites (tertiary alicyclic amines) is 1. The van der Waals surface area contributed by atoms with E-state index in [1.54, 1.807) is 47.4 Å². The van der Waals surface area contributed by atoms with Crippen LogP contribution in [0.5, 0.6) is 5.75 Å². The van der Waals surface area contributed by atoms with E-state index in [0.29, 0.717) is 22.9 Å². The molecule has 3 rings (SSSR count). The SMILES string of the molecule is CCCCCN1C(=O)C(=O)/C(=C(\O)c2ccc(OC(C)C)c(C)c2)C1c1ccc(Cl)cc1. The number of amides is 1. The van der Waals surface area contributed by atoms with Gasteiger partial charge in [0.2, 0.25) is 0 Å². The molecule has 1 aliphatic heterocycles. The number of Topliss-reactive ketones (excluding diaryl/α,β-unsaturated/α-hetero) is 1. The molecule has 5 nitrogen and oxygen atoms in total. The van der Waals surface area contributed by atoms with E-state index in [1.807, 2.05) is 20.8 Å². The van der Waals surface area contributed by atoms with Gasteiger partial charge < -0.3 is 14.7 Å². The molecule has 1 unspecified atom stereocenters. The molecule has 0 radical (unpaired) electrons. The zero-order chi connectivity index (χ0) is 23.4. The summed E-state index contributed by atoms with van der Waals surface area (Å²) >= 11 is 6.06. The fourth-order valence-corrected chi connectivity index (χ4v) is 4.10. The highest BCUT2D eigenvalue weighted by Gasteiger charge is 2.45. The second-order valence-electron chi connectivity index (χ2n) is 8.40. The summed E-state index contributed by atoms with van der Waals surface area (Å²) < 4.78 is 5.78. The number of halogens is 1. The molecule has 6 heteroatoms. The van der Waals surface area contributed by atoms with Gasteiger partial charge in [0.1, 0.15) is 11.5 Å². The van der Waals surface area contributed by atoms with Crippen LogP contribution in [0.4, 0.5) is 0 Å². The first kappa shape index (κ1) is 23.9. The molecule has 1 atom stereocenters. The summed E-state index contributed by atoms with van der Waals surface area (Å²) in [5.41, 5.74) is 2.15. The van der Waals surface area contributed by atoms with E-state index in [2.05, 4.69) is 6.92 Å². The Balaban J connectivity index is 2.08. The fourth-order valence-electron chi connectivity index (χ4n) is 3.97. The molecule has 2 aromatic carbocycles. The number of benzene rings is 2. The number of ether oxygens (including phenoxy) is 1. The number of ketones is 1. The third-order valence-corrected chi connectivity index (χ3v) is 5.79. The Labute approximate surface area is 194 Å². The van der Waals surface area contributed by atoms with Crippen molar-refractivity contribution in [3.63, 3.8) is 0 Å². The van der Waals surface area contributed by atoms with Gasteiger partial charge in [0.15, 0.2) is 0 Å². The monoisotopic (exact) mass is 455 g/mol. The number of carbonyl (C=O) groups is 2. The Morgan fingerprint density at radius 3 is 2.41 bits per heavy atom. The summed E-state index contributed by atoms with van der Waals surface area (Å²) in [4.78, 5) is 27.5. The standard InChI is InChI=1S/C26H30ClNO4/c1-5-6-7-14-28-23(18-8-11-20(27)12-9-18)22(25(30)26(28)31)24(29)19-10-13-21(17(4)15-19)32-16(2)3/h8-13,15-16,23,29H,5-7,14H2,1-4H3/b24-22-. The second-order valence-corrected chi connectivity index (χ2v) is 8.83. The van der Waals surface area contributed by atoms with Crippen LogP contribution in [0.2, 0.25) is 5.02 Å². The minimum atomic E-state index is -0.667. The largest absolute Gasteiger partial charge is 0.507 e. The summed E-state index contributed by atoms with van der Waals surface area (Å²) in [5.74, 6) is -0.718. The van der Waals surface area contributed by atoms with Crippen molar-refractivity contribution in [2.24, 2.45) is 0 Å². The second kappa shape index (κ2) is 10.2. The molecule has 0 spiro atoms. The molecule has 1 saturated heterocycles. The third-order valence-electron chi connectivity index (χ3n) is 5.54. The zero-order valence-corrected chi connectivity index (χ0v) is 19.8. The number of hydrogen-bond acceptors (Lipinski definition) is 4. The van der Waals surface area contributed by atoms with Crippen molar-refractivity contribution in [1.29, 1.82) is 0 Å². The molecule has 2 aromatic rings. The highest BCUT2D eigenvalue weighted by molar-refractivity contribution is 6.46. The first-order valence-corrected chi connectivity index (χ1v) is 11.4. The van der Waals surface area contributed by atoms with Crippen molar-refractivity contribution >= 4 is 29.1 Å². The van der Waals surface area contributed by atoms with Crippen LogP contribution >= 0.6 is 11.6 Å². The van der Waals surface area contributed by atoms with Gasteiger partial charge in [0.05, 0.1) is 17.7 Å². The maximum atomic E-state index is 13.1. The van der Waals surface area contributed by atoms with E-state index in [4.69, 9.17) is 16.3 Å². The molecule has 1 heterocycles. The Morgan fingerprint density at radius 2 is 1.81 bits per heavy atom. The van der Waals surface area contributed by atoms with Crippen LogP contribution < -0.4 is 4.74 Å². The smallest absolute Gasteiger partial charge is 0.295 e. The highest BCUT2D eigenvalue weighted by atomic mass is 35.5. The maximum absolute atomic E-state index is 13.1. The van der Waals surface area contributed by atoms with E-state index in [1.165, 1.54) is 0 Å². The lowest BCUT2D eigenvalue weighted by Gasteiger charge is -2.25. The molecule has 1 amide bonds. The topological polar surface area (TPSA) is 66.8 Å². The first-order valence-electron chi connectivity index (χ1n) is 11.1. The molecule has 1 N–H and O–H groups in total. The average Bonchev–Trinajstić information content (AvgIpc) is 3.00. The molecular weight excluding hydrogens is 426 g/mol. The minimum Gasteiger partial charge on any atom is -0.507 e. The van der Waals surface area contributed by atoms with Crippen LogP contribution in [0.15, 0.2) is 48.0 Å². The predicted molar refractivity (Wildman–Crippen MR) is 127 cm³/mol. The van der Waals surface area contributed by atoms with Gasteiger partial charge in [-0.25, -0.2) is 0 Å². The molecule has 0 saturated carbocycles. The molecule has 0 aromatic heterocycles. The van der Waals surface area contributed by atoms with Gasteiger partial charge in [-0.05, 0) is 68.7 Å². The van der Waals surface area contributed by atoms with E-state index >= 15 is 0 Å². The summed E-state index contributed by atoms with van der Waals surface area (Å²) in [6, 6.07) is 11.7. The molecule has 32 heavy (non-hydrogen) atoms. The summed E-state index contributed by atoms with van der Waals surface area (Å²) in [5, 5.41) is 11.8. The predicted octanol–water partition coefficient (Wildman–Crippen LogP) is 6.05. The van der Waals surface area contributed by atoms with Crippen LogP contribution in [0, 0.1) is 6.92 Å². The van der Waals surface area contributed by atoms with Crippen molar-refractivity contribution in [2.75, 3.05) is 6.54 Å². The van der Waals surface area contributed by atoms with Crippen LogP contribution in [0.1, 0.15) is 62.8 Å². The van der Waals surface area contributed by atoms with E-state index in [-0.39, 0.29) is 17.4 Å². The summed E-state index contributed by atoms with van der Waals surface area (Å²) in [6.45, 7) is 8.30. The first-order chi connectivity index (χ1) is 15.2. The van der Waals surface area contributed by atoms with Gasteiger partial charge in [-0.2, -0.15) is 0 Å². The maximum Gasteiger partial charge on any atom is 0.295 e. The van der Waals surface area contributed by atoms with Gasteiger partial charge in [-0.15, -0.1) is 0 Å². The molecule has 0 aliphatic carbocycles. The number of rotatable bonds is 8. The van der Waals surface area contributed by atoms with E-state index < -0.39 is 17.7 Å². The number of unbranched alkanes of at least 4 members (excludes halogenated alkanes) is 2. The molecule has 0 bridgehead atoms. The summed E-state index contributed by atoms with van der Waals surface area (Å²) in [7, 11) is 0. The number of hydrogen-bond donors (Lipinski definition) is 1. The van der Waals surface area contributed by atoms with Crippen molar-refractivity contribution in [1.82, 2.24) is 4.90 Å². The molecule has 1 fully saturated rings. The highest BCUT2D eigenvalue weighted by Crippen LogP contribution is 2.40. The van der Waals surface area contributed by atoms with Crippen LogP contribution in [0.3, 0.4) is 0 Å². The number of aliphatic hydroxyl groups excluding tert-OH is 1. The average molecular weight is 456 g/mol. The lowest BCUT2D eigenvalue weighted by molar-refractivity contribution is -0.139. The van der Waals surface area contributed by atoms with Crippen LogP contribution in [0.25, 0.3) is 5.76 Å². The normalized spacial score (nSPS) is 17.9. The van der Waals surface area contributed by atoms with Crippen molar-refractivity contribution in [3.8, 4) is 5.75 Å². The van der Waals surface area contributed by atoms with Gasteiger partial charge in [-0.1, -0.05) is 43.5 Å². The Bertz CT molecular complexity index is 1030. The van der Waals surface area contributed by atoms with Crippen molar-refractivity contribution < 1.29 is 19.4 Å². The lowest BCUT2D eigenvalue weighted by atomic mass is 9.94. The van der Waals surface area contributed by atoms with Gasteiger partial charge in [0.25, 0.3) is 11.7 Å². The number of nitrogens with zero attached hydrogens (tertiary/aromatic N) is 1. The zero-order valence-electron chi connectivity index (χ0n) is 19.0. The molecular formula is C26H30ClNO4. The minimum absolute atomic E-state index is 0.0199.